The molecule has 33 heavy (non-hydrogen) atoms. The van der Waals surface area contributed by atoms with Crippen molar-refractivity contribution in [1.82, 2.24) is 15.4 Å². The number of rotatable bonds is 3. The first-order valence-electron chi connectivity index (χ1n) is 10.7. The summed E-state index contributed by atoms with van der Waals surface area (Å²) in [7, 11) is 0. The summed E-state index contributed by atoms with van der Waals surface area (Å²) in [6.45, 7) is 0. The molecule has 0 saturated heterocycles. The lowest BCUT2D eigenvalue weighted by atomic mass is 9.99. The predicted octanol–water partition coefficient (Wildman–Crippen LogP) is 6.24. The maximum absolute atomic E-state index is 12.3. The van der Waals surface area contributed by atoms with Crippen LogP contribution in [0.2, 0.25) is 0 Å². The molecule has 6 rings (SSSR count). The fourth-order valence-electron chi connectivity index (χ4n) is 4.17. The molecule has 0 aliphatic heterocycles. The third-order valence-corrected chi connectivity index (χ3v) is 5.67. The van der Waals surface area contributed by atoms with E-state index in [1.54, 1.807) is 0 Å². The Kier molecular flexibility index (Phi) is 4.47. The number of para-hydroxylation sites is 1. The van der Waals surface area contributed by atoms with E-state index in [1.165, 1.54) is 0 Å². The van der Waals surface area contributed by atoms with Crippen molar-refractivity contribution in [2.75, 3.05) is 10.7 Å². The van der Waals surface area contributed by atoms with E-state index in [4.69, 9.17) is 9.97 Å². The van der Waals surface area contributed by atoms with Crippen molar-refractivity contribution in [3.63, 3.8) is 0 Å². The second-order valence-electron chi connectivity index (χ2n) is 7.79. The molecule has 0 saturated carbocycles. The van der Waals surface area contributed by atoms with Crippen molar-refractivity contribution in [3.8, 4) is 0 Å². The highest BCUT2D eigenvalue weighted by Gasteiger charge is 2.12. The number of hydrazine groups is 1. The second-order valence-corrected chi connectivity index (χ2v) is 7.79. The number of nitrogens with one attached hydrogen (secondary N) is 3. The summed E-state index contributed by atoms with van der Waals surface area (Å²) in [5.41, 5.74) is 10.2. The minimum atomic E-state index is -0.372. The number of anilines is 2. The molecular formula is C27H19N5O. The summed E-state index contributed by atoms with van der Waals surface area (Å²) in [4.78, 5) is 22.3. The monoisotopic (exact) mass is 429 g/mol. The number of nitrogens with zero attached hydrogens (tertiary/aromatic N) is 2. The van der Waals surface area contributed by atoms with E-state index in [1.807, 2.05) is 72.8 Å². The Morgan fingerprint density at radius 1 is 0.576 bits per heavy atom. The van der Waals surface area contributed by atoms with Crippen molar-refractivity contribution in [3.05, 3.63) is 97.1 Å². The van der Waals surface area contributed by atoms with Crippen LogP contribution in [-0.4, -0.2) is 16.0 Å². The first-order chi connectivity index (χ1) is 16.3. The van der Waals surface area contributed by atoms with E-state index in [0.717, 1.165) is 49.3 Å². The summed E-state index contributed by atoms with van der Waals surface area (Å²) in [6.07, 6.45) is 0. The van der Waals surface area contributed by atoms with Gasteiger partial charge in [-0.05, 0) is 41.1 Å². The van der Waals surface area contributed by atoms with Gasteiger partial charge in [0.05, 0.1) is 27.8 Å². The van der Waals surface area contributed by atoms with Crippen molar-refractivity contribution < 1.29 is 4.79 Å². The number of hydrogen-bond donors (Lipinski definition) is 3. The molecule has 6 aromatic rings. The highest BCUT2D eigenvalue weighted by Crippen LogP contribution is 2.34. The molecule has 1 aromatic heterocycles. The first-order valence-corrected chi connectivity index (χ1v) is 10.7. The molecule has 0 atom stereocenters. The van der Waals surface area contributed by atoms with Gasteiger partial charge in [0.15, 0.2) is 0 Å². The number of aromatic nitrogens is 2. The van der Waals surface area contributed by atoms with Crippen molar-refractivity contribution >= 4 is 61.0 Å². The van der Waals surface area contributed by atoms with Crippen molar-refractivity contribution in [1.29, 1.82) is 0 Å². The molecule has 6 nitrogen and oxygen atoms in total. The maximum atomic E-state index is 12.3. The molecule has 0 bridgehead atoms. The highest BCUT2D eigenvalue weighted by atomic mass is 16.2. The molecule has 0 fully saturated rings. The number of urea groups is 1. The first kappa shape index (κ1) is 19.0. The third kappa shape index (κ3) is 3.43. The Balaban J connectivity index is 1.40. The van der Waals surface area contributed by atoms with Crippen LogP contribution in [0.15, 0.2) is 97.1 Å². The zero-order valence-electron chi connectivity index (χ0n) is 17.5. The lowest BCUT2D eigenvalue weighted by Crippen LogP contribution is -2.33. The summed E-state index contributed by atoms with van der Waals surface area (Å²) in [6, 6.07) is 31.1. The SMILES string of the molecule is O=C(NNc1ccccc1)Nc1ccc2nc3c4ccccc4c4ccccc4c3nc2c1. The Labute approximate surface area is 189 Å². The van der Waals surface area contributed by atoms with Gasteiger partial charge in [0, 0.05) is 16.5 Å². The summed E-state index contributed by atoms with van der Waals surface area (Å²) >= 11 is 0. The van der Waals surface area contributed by atoms with Gasteiger partial charge < -0.3 is 5.32 Å². The third-order valence-electron chi connectivity index (χ3n) is 5.67. The number of fused-ring (bicyclic) bond motifs is 7. The fraction of sp³-hybridized carbons (Fsp3) is 0. The van der Waals surface area contributed by atoms with Gasteiger partial charge in [0.25, 0.3) is 0 Å². The van der Waals surface area contributed by atoms with Gasteiger partial charge in [-0.15, -0.1) is 0 Å². The van der Waals surface area contributed by atoms with Crippen LogP contribution >= 0.6 is 0 Å². The lowest BCUT2D eigenvalue weighted by Gasteiger charge is -2.12. The van der Waals surface area contributed by atoms with Gasteiger partial charge in [0.2, 0.25) is 0 Å². The molecule has 0 spiro atoms. The van der Waals surface area contributed by atoms with Crippen molar-refractivity contribution in [2.24, 2.45) is 0 Å². The Morgan fingerprint density at radius 3 is 1.82 bits per heavy atom. The average molecular weight is 429 g/mol. The average Bonchev–Trinajstić information content (AvgIpc) is 2.87. The van der Waals surface area contributed by atoms with Crippen LogP contribution in [0.3, 0.4) is 0 Å². The lowest BCUT2D eigenvalue weighted by molar-refractivity contribution is 0.254. The zero-order valence-corrected chi connectivity index (χ0v) is 17.5. The number of amides is 2. The highest BCUT2D eigenvalue weighted by molar-refractivity contribution is 6.23. The van der Waals surface area contributed by atoms with Crippen LogP contribution in [0.25, 0.3) is 43.6 Å². The molecule has 2 amide bonds. The molecule has 6 heteroatoms. The zero-order chi connectivity index (χ0) is 22.2. The van der Waals surface area contributed by atoms with Crippen LogP contribution in [-0.2, 0) is 0 Å². The molecule has 5 aromatic carbocycles. The number of carbonyl (C=O) groups is 1. The van der Waals surface area contributed by atoms with Gasteiger partial charge in [-0.1, -0.05) is 66.7 Å². The summed E-state index contributed by atoms with van der Waals surface area (Å²) in [5, 5.41) is 7.29. The van der Waals surface area contributed by atoms with Crippen LogP contribution < -0.4 is 16.2 Å². The van der Waals surface area contributed by atoms with Gasteiger partial charge in [0.1, 0.15) is 0 Å². The standard InChI is InChI=1S/C27H19N5O/c33-27(32-31-17-8-2-1-3-9-17)28-18-14-15-23-24(16-18)30-26-22-13-7-5-11-20(22)19-10-4-6-12-21(19)25(26)29-23/h1-16,31H,(H2,28,32,33). The van der Waals surface area contributed by atoms with E-state index in [-0.39, 0.29) is 6.03 Å². The largest absolute Gasteiger partial charge is 0.337 e. The van der Waals surface area contributed by atoms with Crippen LogP contribution in [0.4, 0.5) is 16.2 Å². The van der Waals surface area contributed by atoms with Crippen LogP contribution in [0.1, 0.15) is 0 Å². The Hall–Kier alpha value is -4.71. The van der Waals surface area contributed by atoms with Gasteiger partial charge in [-0.25, -0.2) is 14.8 Å². The fourth-order valence-corrected chi connectivity index (χ4v) is 4.17. The molecule has 1 heterocycles. The van der Waals surface area contributed by atoms with Gasteiger partial charge in [-0.2, -0.15) is 0 Å². The predicted molar refractivity (Wildman–Crippen MR) is 134 cm³/mol. The van der Waals surface area contributed by atoms with Gasteiger partial charge >= 0.3 is 6.03 Å². The van der Waals surface area contributed by atoms with E-state index in [2.05, 4.69) is 40.4 Å². The molecule has 0 radical (unpaired) electrons. The van der Waals surface area contributed by atoms with E-state index >= 15 is 0 Å². The van der Waals surface area contributed by atoms with Crippen LogP contribution in [0.5, 0.6) is 0 Å². The minimum absolute atomic E-state index is 0.372. The Bertz CT molecular complexity index is 1660. The van der Waals surface area contributed by atoms with Gasteiger partial charge in [-0.3, -0.25) is 10.9 Å². The summed E-state index contributed by atoms with van der Waals surface area (Å²) in [5.74, 6) is 0. The number of hydrogen-bond acceptors (Lipinski definition) is 4. The van der Waals surface area contributed by atoms with E-state index in [9.17, 15) is 4.79 Å². The Morgan fingerprint density at radius 2 is 1.15 bits per heavy atom. The molecule has 0 aliphatic carbocycles. The smallest absolute Gasteiger partial charge is 0.307 e. The minimum Gasteiger partial charge on any atom is -0.307 e. The molecular weight excluding hydrogens is 410 g/mol. The van der Waals surface area contributed by atoms with Crippen LogP contribution in [0, 0.1) is 0 Å². The normalized spacial score (nSPS) is 11.2. The van der Waals surface area contributed by atoms with E-state index < -0.39 is 0 Å². The number of carbonyl (C=O) groups excluding carboxylic acids is 1. The maximum Gasteiger partial charge on any atom is 0.337 e. The second kappa shape index (κ2) is 7.76. The van der Waals surface area contributed by atoms with E-state index in [0.29, 0.717) is 5.69 Å². The molecule has 3 N–H and O–H groups in total. The molecule has 0 aliphatic rings. The van der Waals surface area contributed by atoms with Crippen molar-refractivity contribution in [2.45, 2.75) is 0 Å². The molecule has 158 valence electrons. The molecule has 0 unspecified atom stereocenters. The topological polar surface area (TPSA) is 78.9 Å². The number of benzene rings is 5. The summed E-state index contributed by atoms with van der Waals surface area (Å²) < 4.78 is 0. The quantitative estimate of drug-likeness (QED) is 0.177.